The van der Waals surface area contributed by atoms with E-state index in [-0.39, 0.29) is 0 Å². The summed E-state index contributed by atoms with van der Waals surface area (Å²) in [6.07, 6.45) is 0.763. The van der Waals surface area contributed by atoms with Crippen molar-refractivity contribution in [3.8, 4) is 0 Å². The highest BCUT2D eigenvalue weighted by atomic mass is 32.2. The SMILES string of the molecule is C=CC(=O)OOS(=O)(=O)C=C. The predicted molar refractivity (Wildman–Crippen MR) is 36.5 cm³/mol. The van der Waals surface area contributed by atoms with Gasteiger partial charge in [-0.15, -0.1) is 0 Å². The molecule has 0 saturated heterocycles. The molecule has 0 heterocycles. The number of carbonyl (C=O) groups is 1. The number of rotatable bonds is 4. The Morgan fingerprint density at radius 2 is 1.91 bits per heavy atom. The molecule has 0 unspecified atom stereocenters. The fraction of sp³-hybridized carbons (Fsp3) is 0. The van der Waals surface area contributed by atoms with Crippen LogP contribution in [0.2, 0.25) is 0 Å². The number of hydrogen-bond acceptors (Lipinski definition) is 5. The van der Waals surface area contributed by atoms with Gasteiger partial charge < -0.3 is 0 Å². The third kappa shape index (κ3) is 4.29. The van der Waals surface area contributed by atoms with Crippen molar-refractivity contribution in [2.75, 3.05) is 0 Å². The maximum absolute atomic E-state index is 10.4. The lowest BCUT2D eigenvalue weighted by Gasteiger charge is -1.95. The van der Waals surface area contributed by atoms with Gasteiger partial charge in [-0.3, -0.25) is 4.89 Å². The normalized spacial score (nSPS) is 10.2. The molecule has 0 spiro atoms. The van der Waals surface area contributed by atoms with Gasteiger partial charge >= 0.3 is 16.1 Å². The van der Waals surface area contributed by atoms with Gasteiger partial charge in [0.25, 0.3) is 0 Å². The van der Waals surface area contributed by atoms with Crippen LogP contribution in [0.3, 0.4) is 0 Å². The lowest BCUT2D eigenvalue weighted by Crippen LogP contribution is -2.06. The Morgan fingerprint density at radius 1 is 1.36 bits per heavy atom. The van der Waals surface area contributed by atoms with Crippen LogP contribution in [0.5, 0.6) is 0 Å². The van der Waals surface area contributed by atoms with Gasteiger partial charge in [0.05, 0.1) is 5.41 Å². The Balaban J connectivity index is 4.00. The van der Waals surface area contributed by atoms with Gasteiger partial charge in [-0.2, -0.15) is 8.42 Å². The Hall–Kier alpha value is -1.14. The third-order valence-electron chi connectivity index (χ3n) is 0.582. The van der Waals surface area contributed by atoms with Crippen LogP contribution in [0.4, 0.5) is 0 Å². The first-order valence-electron chi connectivity index (χ1n) is 2.42. The summed E-state index contributed by atoms with van der Waals surface area (Å²) >= 11 is 0. The van der Waals surface area contributed by atoms with E-state index in [9.17, 15) is 13.2 Å². The zero-order valence-electron chi connectivity index (χ0n) is 5.52. The molecule has 0 aliphatic carbocycles. The van der Waals surface area contributed by atoms with E-state index in [1.165, 1.54) is 0 Å². The number of carbonyl (C=O) groups excluding carboxylic acids is 1. The van der Waals surface area contributed by atoms with Crippen LogP contribution >= 0.6 is 0 Å². The summed E-state index contributed by atoms with van der Waals surface area (Å²) in [5, 5.41) is 0.503. The molecule has 0 amide bonds. The first kappa shape index (κ1) is 9.86. The molecular formula is C5H6O5S. The zero-order valence-corrected chi connectivity index (χ0v) is 6.33. The molecule has 11 heavy (non-hydrogen) atoms. The van der Waals surface area contributed by atoms with Crippen LogP contribution in [-0.2, 0) is 24.1 Å². The third-order valence-corrected chi connectivity index (χ3v) is 1.25. The van der Waals surface area contributed by atoms with Gasteiger partial charge in [-0.25, -0.2) is 4.79 Å². The minimum atomic E-state index is -3.95. The quantitative estimate of drug-likeness (QED) is 0.347. The van der Waals surface area contributed by atoms with Crippen LogP contribution < -0.4 is 0 Å². The highest BCUT2D eigenvalue weighted by Crippen LogP contribution is 1.94. The van der Waals surface area contributed by atoms with Crippen molar-refractivity contribution in [3.05, 3.63) is 24.6 Å². The molecule has 0 radical (unpaired) electrons. The minimum Gasteiger partial charge on any atom is -0.276 e. The molecule has 5 nitrogen and oxygen atoms in total. The summed E-state index contributed by atoms with van der Waals surface area (Å²) in [4.78, 5) is 13.9. The van der Waals surface area contributed by atoms with E-state index in [1.54, 1.807) is 0 Å². The Morgan fingerprint density at radius 3 is 2.27 bits per heavy atom. The maximum Gasteiger partial charge on any atom is 0.366 e. The molecular weight excluding hydrogens is 172 g/mol. The molecule has 0 bridgehead atoms. The Bertz CT molecular complexity index is 263. The van der Waals surface area contributed by atoms with E-state index < -0.39 is 16.1 Å². The topological polar surface area (TPSA) is 69.7 Å². The van der Waals surface area contributed by atoms with Crippen molar-refractivity contribution in [3.63, 3.8) is 0 Å². The van der Waals surface area contributed by atoms with Crippen molar-refractivity contribution in [2.45, 2.75) is 0 Å². The van der Waals surface area contributed by atoms with Gasteiger partial charge in [0.15, 0.2) is 0 Å². The van der Waals surface area contributed by atoms with Crippen LogP contribution in [0.1, 0.15) is 0 Å². The van der Waals surface area contributed by atoms with Gasteiger partial charge in [-0.05, 0) is 4.33 Å². The van der Waals surface area contributed by atoms with Crippen molar-refractivity contribution in [2.24, 2.45) is 0 Å². The maximum atomic E-state index is 10.4. The molecule has 6 heteroatoms. The standard InChI is InChI=1S/C5H6O5S/c1-3-5(6)9-10-11(7,8)4-2/h3-4H,1-2H2. The second-order valence-corrected chi connectivity index (χ2v) is 2.79. The molecule has 0 aromatic rings. The fourth-order valence-electron chi connectivity index (χ4n) is 0.143. The average molecular weight is 178 g/mol. The monoisotopic (exact) mass is 178 g/mol. The van der Waals surface area contributed by atoms with Crippen molar-refractivity contribution < 1.29 is 22.4 Å². The summed E-state index contributed by atoms with van der Waals surface area (Å²) in [6.45, 7) is 5.92. The van der Waals surface area contributed by atoms with E-state index in [0.717, 1.165) is 6.08 Å². The van der Waals surface area contributed by atoms with Crippen LogP contribution in [-0.4, -0.2) is 14.4 Å². The predicted octanol–water partition coefficient (Wildman–Crippen LogP) is 0.120. The van der Waals surface area contributed by atoms with Crippen molar-refractivity contribution in [1.82, 2.24) is 0 Å². The second-order valence-electron chi connectivity index (χ2n) is 1.33. The van der Waals surface area contributed by atoms with Crippen molar-refractivity contribution in [1.29, 1.82) is 0 Å². The molecule has 62 valence electrons. The molecule has 0 rings (SSSR count). The molecule has 0 atom stereocenters. The van der Waals surface area contributed by atoms with Gasteiger partial charge in [0, 0.05) is 6.08 Å². The molecule has 0 N–H and O–H groups in total. The van der Waals surface area contributed by atoms with E-state index in [1.807, 2.05) is 0 Å². The number of hydrogen-bond donors (Lipinski definition) is 0. The van der Waals surface area contributed by atoms with Gasteiger partial charge in [0.1, 0.15) is 0 Å². The Kier molecular flexibility index (Phi) is 3.49. The zero-order chi connectivity index (χ0) is 8.91. The average Bonchev–Trinajstić information content (AvgIpc) is 2.00. The van der Waals surface area contributed by atoms with Gasteiger partial charge in [-0.1, -0.05) is 13.2 Å². The van der Waals surface area contributed by atoms with Crippen molar-refractivity contribution >= 4 is 16.1 Å². The Labute approximate surface area is 64.0 Å². The second kappa shape index (κ2) is 3.89. The lowest BCUT2D eigenvalue weighted by molar-refractivity contribution is -0.204. The summed E-state index contributed by atoms with van der Waals surface area (Å²) in [5.41, 5.74) is 0. The highest BCUT2D eigenvalue weighted by molar-refractivity contribution is 7.89. The minimum absolute atomic E-state index is 0.503. The summed E-state index contributed by atoms with van der Waals surface area (Å²) < 4.78 is 24.4. The molecule has 0 aliphatic heterocycles. The summed E-state index contributed by atoms with van der Waals surface area (Å²) in [7, 11) is -3.95. The van der Waals surface area contributed by atoms with E-state index in [2.05, 4.69) is 22.4 Å². The van der Waals surface area contributed by atoms with Crippen LogP contribution in [0.15, 0.2) is 24.6 Å². The smallest absolute Gasteiger partial charge is 0.276 e. The van der Waals surface area contributed by atoms with Crippen LogP contribution in [0.25, 0.3) is 0 Å². The molecule has 0 aliphatic rings. The highest BCUT2D eigenvalue weighted by Gasteiger charge is 2.08. The molecule has 0 aromatic heterocycles. The van der Waals surface area contributed by atoms with E-state index in [0.29, 0.717) is 5.41 Å². The fourth-order valence-corrected chi connectivity index (χ4v) is 0.360. The van der Waals surface area contributed by atoms with E-state index >= 15 is 0 Å². The van der Waals surface area contributed by atoms with E-state index in [4.69, 9.17) is 0 Å². The molecule has 0 saturated carbocycles. The molecule has 0 fully saturated rings. The van der Waals surface area contributed by atoms with Crippen LogP contribution in [0, 0.1) is 0 Å². The molecule has 0 aromatic carbocycles. The first-order chi connectivity index (χ1) is 5.02. The van der Waals surface area contributed by atoms with Gasteiger partial charge in [0.2, 0.25) is 0 Å². The summed E-state index contributed by atoms with van der Waals surface area (Å²) in [5.74, 6) is -0.990. The first-order valence-corrected chi connectivity index (χ1v) is 3.89. The largest absolute Gasteiger partial charge is 0.366 e. The lowest BCUT2D eigenvalue weighted by atomic mass is 10.7. The summed E-state index contributed by atoms with van der Waals surface area (Å²) in [6, 6.07) is 0.